The number of benzene rings is 2. The van der Waals surface area contributed by atoms with E-state index in [-0.39, 0.29) is 11.4 Å². The van der Waals surface area contributed by atoms with Crippen LogP contribution >= 0.6 is 15.9 Å². The second kappa shape index (κ2) is 6.05. The Bertz CT molecular complexity index is 952. The summed E-state index contributed by atoms with van der Waals surface area (Å²) in [6.45, 7) is 0.0688. The average molecular weight is 397 g/mol. The molecule has 1 atom stereocenters. The normalized spacial score (nSPS) is 13.3. The average Bonchev–Trinajstić information content (AvgIpc) is 2.90. The molecule has 2 aromatic carbocycles. The van der Waals surface area contributed by atoms with Gasteiger partial charge < -0.3 is 0 Å². The Labute approximate surface area is 142 Å². The van der Waals surface area contributed by atoms with Gasteiger partial charge in [0.25, 0.3) is 0 Å². The molecule has 0 saturated heterocycles. The fourth-order valence-corrected chi connectivity index (χ4v) is 3.43. The Hall–Kier alpha value is -1.73. The van der Waals surface area contributed by atoms with Crippen molar-refractivity contribution in [2.24, 2.45) is 0 Å². The maximum Gasteiger partial charge on any atom is 0.175 e. The third-order valence-electron chi connectivity index (χ3n) is 3.56. The van der Waals surface area contributed by atoms with Crippen molar-refractivity contribution in [3.05, 3.63) is 58.7 Å². The quantitative estimate of drug-likeness (QED) is 0.671. The highest BCUT2D eigenvalue weighted by atomic mass is 79.9. The Morgan fingerprint density at radius 3 is 2.52 bits per heavy atom. The number of alkyl halides is 1. The van der Waals surface area contributed by atoms with Gasteiger partial charge in [-0.3, -0.25) is 4.68 Å². The number of hydrogen-bond acceptors (Lipinski definition) is 3. The molecule has 0 fully saturated rings. The van der Waals surface area contributed by atoms with Crippen LogP contribution < -0.4 is 0 Å². The van der Waals surface area contributed by atoms with Gasteiger partial charge in [0.05, 0.1) is 17.0 Å². The summed E-state index contributed by atoms with van der Waals surface area (Å²) in [5, 5.41) is 5.27. The van der Waals surface area contributed by atoms with Gasteiger partial charge in [0.15, 0.2) is 9.84 Å². The van der Waals surface area contributed by atoms with Gasteiger partial charge in [-0.15, -0.1) is 0 Å². The highest BCUT2D eigenvalue weighted by molar-refractivity contribution is 9.10. The maximum absolute atomic E-state index is 14.5. The van der Waals surface area contributed by atoms with Gasteiger partial charge in [0.1, 0.15) is 6.17 Å². The summed E-state index contributed by atoms with van der Waals surface area (Å²) in [4.78, 5) is 0.183. The molecule has 0 aliphatic carbocycles. The van der Waals surface area contributed by atoms with E-state index in [2.05, 4.69) is 21.0 Å². The fraction of sp³-hybridized carbons (Fsp3) is 0.188. The first-order valence-electron chi connectivity index (χ1n) is 6.90. The maximum atomic E-state index is 14.5. The van der Waals surface area contributed by atoms with E-state index in [9.17, 15) is 12.8 Å². The highest BCUT2D eigenvalue weighted by Crippen LogP contribution is 2.25. The first kappa shape index (κ1) is 16.1. The second-order valence-corrected chi connectivity index (χ2v) is 8.20. The summed E-state index contributed by atoms with van der Waals surface area (Å²) < 4.78 is 39.8. The third-order valence-corrected chi connectivity index (χ3v) is 5.38. The standard InChI is InChI=1S/C16H14BrFN2O2S/c1-23(21,22)12-7-5-11(6-8-12)15(18)10-20-9-13-14(17)3-2-4-16(13)19-20/h2-9,15H,10H2,1H3. The summed E-state index contributed by atoms with van der Waals surface area (Å²) in [5.74, 6) is 0. The first-order valence-corrected chi connectivity index (χ1v) is 9.59. The molecule has 0 saturated carbocycles. The third kappa shape index (κ3) is 3.45. The molecule has 0 radical (unpaired) electrons. The van der Waals surface area contributed by atoms with Crippen LogP contribution in [-0.2, 0) is 16.4 Å². The number of nitrogens with zero attached hydrogens (tertiary/aromatic N) is 2. The van der Waals surface area contributed by atoms with E-state index >= 15 is 0 Å². The van der Waals surface area contributed by atoms with E-state index in [1.54, 1.807) is 10.9 Å². The van der Waals surface area contributed by atoms with Crippen molar-refractivity contribution < 1.29 is 12.8 Å². The van der Waals surface area contributed by atoms with Crippen LogP contribution in [0.25, 0.3) is 10.9 Å². The lowest BCUT2D eigenvalue weighted by atomic mass is 10.1. The first-order chi connectivity index (χ1) is 10.8. The van der Waals surface area contributed by atoms with Gasteiger partial charge in [-0.2, -0.15) is 5.10 Å². The molecule has 0 bridgehead atoms. The minimum atomic E-state index is -3.27. The summed E-state index contributed by atoms with van der Waals surface area (Å²) in [6.07, 6.45) is 1.65. The minimum absolute atomic E-state index is 0.0688. The van der Waals surface area contributed by atoms with E-state index in [1.165, 1.54) is 24.3 Å². The van der Waals surface area contributed by atoms with Gasteiger partial charge in [-0.05, 0) is 29.8 Å². The molecule has 120 valence electrons. The van der Waals surface area contributed by atoms with Gasteiger partial charge in [0, 0.05) is 22.3 Å². The molecule has 0 spiro atoms. The molecule has 3 rings (SSSR count). The molecular formula is C16H14BrFN2O2S. The van der Waals surface area contributed by atoms with Gasteiger partial charge in [0.2, 0.25) is 0 Å². The number of aromatic nitrogens is 2. The van der Waals surface area contributed by atoms with Crippen LogP contribution in [0, 0.1) is 0 Å². The van der Waals surface area contributed by atoms with Crippen LogP contribution in [0.1, 0.15) is 11.7 Å². The van der Waals surface area contributed by atoms with Gasteiger partial charge in [-0.25, -0.2) is 12.8 Å². The number of halogens is 2. The molecule has 0 aliphatic heterocycles. The van der Waals surface area contributed by atoms with Crippen molar-refractivity contribution in [2.75, 3.05) is 6.26 Å². The molecule has 0 N–H and O–H groups in total. The molecule has 7 heteroatoms. The molecule has 1 heterocycles. The second-order valence-electron chi connectivity index (χ2n) is 5.33. The zero-order valence-electron chi connectivity index (χ0n) is 12.3. The summed E-state index contributed by atoms with van der Waals surface area (Å²) in [5.41, 5.74) is 1.22. The van der Waals surface area contributed by atoms with Crippen LogP contribution in [0.15, 0.2) is 58.0 Å². The van der Waals surface area contributed by atoms with Gasteiger partial charge >= 0.3 is 0 Å². The van der Waals surface area contributed by atoms with Crippen molar-refractivity contribution in [1.29, 1.82) is 0 Å². The Balaban J connectivity index is 1.82. The predicted octanol–water partition coefficient (Wildman–Crippen LogP) is 3.91. The number of rotatable bonds is 4. The summed E-state index contributed by atoms with van der Waals surface area (Å²) >= 11 is 3.44. The van der Waals surface area contributed by atoms with Crippen molar-refractivity contribution >= 4 is 36.7 Å². The Morgan fingerprint density at radius 2 is 1.91 bits per heavy atom. The molecule has 0 amide bonds. The Morgan fingerprint density at radius 1 is 1.22 bits per heavy atom. The summed E-state index contributed by atoms with van der Waals surface area (Å²) in [7, 11) is -3.27. The zero-order chi connectivity index (χ0) is 16.6. The predicted molar refractivity (Wildman–Crippen MR) is 90.8 cm³/mol. The monoisotopic (exact) mass is 396 g/mol. The lowest BCUT2D eigenvalue weighted by Gasteiger charge is -2.09. The van der Waals surface area contributed by atoms with E-state index in [1.807, 2.05) is 18.2 Å². The molecule has 23 heavy (non-hydrogen) atoms. The topological polar surface area (TPSA) is 52.0 Å². The molecule has 3 aromatic rings. The molecular weight excluding hydrogens is 383 g/mol. The Kier molecular flexibility index (Phi) is 4.25. The lowest BCUT2D eigenvalue weighted by Crippen LogP contribution is -2.06. The molecule has 1 aromatic heterocycles. The number of fused-ring (bicyclic) bond motifs is 1. The van der Waals surface area contributed by atoms with E-state index in [0.29, 0.717) is 5.56 Å². The number of hydrogen-bond donors (Lipinski definition) is 0. The van der Waals surface area contributed by atoms with E-state index in [0.717, 1.165) is 21.6 Å². The minimum Gasteiger partial charge on any atom is -0.268 e. The van der Waals surface area contributed by atoms with Crippen molar-refractivity contribution in [2.45, 2.75) is 17.6 Å². The molecule has 1 unspecified atom stereocenters. The zero-order valence-corrected chi connectivity index (χ0v) is 14.7. The van der Waals surface area contributed by atoms with Crippen LogP contribution in [0.4, 0.5) is 4.39 Å². The molecule has 0 aliphatic rings. The number of sulfone groups is 1. The fourth-order valence-electron chi connectivity index (χ4n) is 2.34. The van der Waals surface area contributed by atoms with Crippen molar-refractivity contribution in [3.8, 4) is 0 Å². The van der Waals surface area contributed by atoms with Crippen LogP contribution in [0.5, 0.6) is 0 Å². The van der Waals surface area contributed by atoms with Crippen LogP contribution in [0.3, 0.4) is 0 Å². The smallest absolute Gasteiger partial charge is 0.175 e. The SMILES string of the molecule is CS(=O)(=O)c1ccc(C(F)Cn2cc3c(Br)cccc3n2)cc1. The lowest BCUT2D eigenvalue weighted by molar-refractivity contribution is 0.293. The van der Waals surface area contributed by atoms with Gasteiger partial charge in [-0.1, -0.05) is 34.1 Å². The van der Waals surface area contributed by atoms with Crippen LogP contribution in [0.2, 0.25) is 0 Å². The largest absolute Gasteiger partial charge is 0.268 e. The molecule has 4 nitrogen and oxygen atoms in total. The van der Waals surface area contributed by atoms with Crippen molar-refractivity contribution in [1.82, 2.24) is 9.78 Å². The van der Waals surface area contributed by atoms with Crippen LogP contribution in [-0.4, -0.2) is 24.5 Å². The van der Waals surface area contributed by atoms with E-state index in [4.69, 9.17) is 0 Å². The highest BCUT2D eigenvalue weighted by Gasteiger charge is 2.14. The van der Waals surface area contributed by atoms with Crippen molar-refractivity contribution in [3.63, 3.8) is 0 Å². The van der Waals surface area contributed by atoms with E-state index < -0.39 is 16.0 Å². The summed E-state index contributed by atoms with van der Waals surface area (Å²) in [6, 6.07) is 11.5.